The highest BCUT2D eigenvalue weighted by Crippen LogP contribution is 2.35. The third-order valence-corrected chi connectivity index (χ3v) is 4.98. The molecule has 3 heterocycles. The van der Waals surface area contributed by atoms with Crippen molar-refractivity contribution < 1.29 is 18.7 Å². The zero-order valence-electron chi connectivity index (χ0n) is 14.5. The van der Waals surface area contributed by atoms with Crippen LogP contribution in [0.15, 0.2) is 28.7 Å². The average molecular weight is 371 g/mol. The van der Waals surface area contributed by atoms with Gasteiger partial charge in [0.05, 0.1) is 10.6 Å². The predicted octanol–water partition coefficient (Wildman–Crippen LogP) is 4.21. The summed E-state index contributed by atoms with van der Waals surface area (Å²) < 4.78 is 16.3. The van der Waals surface area contributed by atoms with Gasteiger partial charge in [-0.05, 0) is 31.2 Å². The van der Waals surface area contributed by atoms with E-state index in [0.29, 0.717) is 28.8 Å². The summed E-state index contributed by atoms with van der Waals surface area (Å²) in [6.07, 6.45) is 0. The Morgan fingerprint density at radius 2 is 2.00 bits per heavy atom. The summed E-state index contributed by atoms with van der Waals surface area (Å²) in [7, 11) is 0. The first-order valence-electron chi connectivity index (χ1n) is 8.16. The number of aromatic nitrogens is 2. The highest BCUT2D eigenvalue weighted by atomic mass is 32.1. The van der Waals surface area contributed by atoms with Gasteiger partial charge in [-0.3, -0.25) is 4.79 Å². The minimum atomic E-state index is -0.218. The lowest BCUT2D eigenvalue weighted by Gasteiger charge is -2.05. The number of nitrogens with one attached hydrogen (secondary N) is 1. The van der Waals surface area contributed by atoms with Crippen LogP contribution in [-0.4, -0.2) is 22.9 Å². The van der Waals surface area contributed by atoms with Crippen molar-refractivity contribution in [2.45, 2.75) is 26.7 Å². The Kier molecular flexibility index (Phi) is 4.12. The maximum absolute atomic E-state index is 12.6. The van der Waals surface area contributed by atoms with Crippen molar-refractivity contribution in [3.8, 4) is 22.3 Å². The van der Waals surface area contributed by atoms with Crippen molar-refractivity contribution in [1.29, 1.82) is 0 Å². The first-order valence-corrected chi connectivity index (χ1v) is 8.98. The van der Waals surface area contributed by atoms with Gasteiger partial charge in [0, 0.05) is 16.4 Å². The Labute approximate surface area is 154 Å². The van der Waals surface area contributed by atoms with E-state index in [-0.39, 0.29) is 18.6 Å². The Bertz CT molecular complexity index is 977. The summed E-state index contributed by atoms with van der Waals surface area (Å²) in [6.45, 7) is 6.10. The summed E-state index contributed by atoms with van der Waals surface area (Å²) >= 11 is 1.49. The van der Waals surface area contributed by atoms with E-state index in [0.717, 1.165) is 15.4 Å². The molecule has 0 spiro atoms. The molecule has 1 aliphatic heterocycles. The Balaban J connectivity index is 1.55. The number of carbonyl (C=O) groups excluding carboxylic acids is 1. The fourth-order valence-electron chi connectivity index (χ4n) is 2.51. The number of anilines is 1. The van der Waals surface area contributed by atoms with Crippen molar-refractivity contribution >= 4 is 22.9 Å². The van der Waals surface area contributed by atoms with E-state index in [1.165, 1.54) is 11.3 Å². The minimum Gasteiger partial charge on any atom is -0.454 e. The molecule has 8 heteroatoms. The van der Waals surface area contributed by atoms with Crippen molar-refractivity contribution in [2.75, 3.05) is 12.1 Å². The topological polar surface area (TPSA) is 86.5 Å². The van der Waals surface area contributed by atoms with Gasteiger partial charge in [-0.2, -0.15) is 0 Å². The average Bonchev–Trinajstić information content (AvgIpc) is 3.33. The van der Waals surface area contributed by atoms with Gasteiger partial charge in [0.1, 0.15) is 0 Å². The van der Waals surface area contributed by atoms with Crippen LogP contribution in [0.4, 0.5) is 5.69 Å². The SMILES string of the molecule is Cc1sc(-c2nnc(C(C)C)o2)cc1NC(=O)c1ccc2c(c1)OCO2. The van der Waals surface area contributed by atoms with Crippen LogP contribution in [0.25, 0.3) is 10.8 Å². The molecule has 0 fully saturated rings. The van der Waals surface area contributed by atoms with Crippen LogP contribution in [0.2, 0.25) is 0 Å². The Hall–Kier alpha value is -2.87. The van der Waals surface area contributed by atoms with Gasteiger partial charge >= 0.3 is 0 Å². The second-order valence-corrected chi connectivity index (χ2v) is 7.46. The smallest absolute Gasteiger partial charge is 0.257 e. The number of amides is 1. The van der Waals surface area contributed by atoms with Crippen molar-refractivity contribution in [1.82, 2.24) is 10.2 Å². The normalized spacial score (nSPS) is 12.6. The van der Waals surface area contributed by atoms with Crippen molar-refractivity contribution in [3.63, 3.8) is 0 Å². The third-order valence-electron chi connectivity index (χ3n) is 3.95. The lowest BCUT2D eigenvalue weighted by Crippen LogP contribution is -2.11. The van der Waals surface area contributed by atoms with Gasteiger partial charge in [-0.25, -0.2) is 0 Å². The molecule has 4 rings (SSSR count). The molecule has 0 radical (unpaired) electrons. The summed E-state index contributed by atoms with van der Waals surface area (Å²) in [5, 5.41) is 11.1. The molecule has 134 valence electrons. The molecule has 1 amide bonds. The monoisotopic (exact) mass is 371 g/mol. The number of benzene rings is 1. The van der Waals surface area contributed by atoms with Gasteiger partial charge in [0.2, 0.25) is 12.7 Å². The summed E-state index contributed by atoms with van der Waals surface area (Å²) in [6, 6.07) is 6.96. The zero-order chi connectivity index (χ0) is 18.3. The molecule has 0 bridgehead atoms. The number of nitrogens with zero attached hydrogens (tertiary/aromatic N) is 2. The van der Waals surface area contributed by atoms with Gasteiger partial charge in [-0.1, -0.05) is 13.8 Å². The quantitative estimate of drug-likeness (QED) is 0.739. The predicted molar refractivity (Wildman–Crippen MR) is 97.0 cm³/mol. The first-order chi connectivity index (χ1) is 12.5. The van der Waals surface area contributed by atoms with E-state index in [2.05, 4.69) is 15.5 Å². The fraction of sp³-hybridized carbons (Fsp3) is 0.278. The molecule has 1 N–H and O–H groups in total. The zero-order valence-corrected chi connectivity index (χ0v) is 15.3. The summed E-state index contributed by atoms with van der Waals surface area (Å²) in [5.74, 6) is 2.23. The largest absolute Gasteiger partial charge is 0.454 e. The van der Waals surface area contributed by atoms with Crippen LogP contribution in [0.3, 0.4) is 0 Å². The molecule has 0 saturated heterocycles. The number of aryl methyl sites for hydroxylation is 1. The van der Waals surface area contributed by atoms with E-state index in [9.17, 15) is 4.79 Å². The number of hydrogen-bond acceptors (Lipinski definition) is 7. The molecule has 3 aromatic rings. The number of thiophene rings is 1. The molecule has 2 aromatic heterocycles. The van der Waals surface area contributed by atoms with Crippen LogP contribution in [0, 0.1) is 6.92 Å². The minimum absolute atomic E-state index is 0.169. The van der Waals surface area contributed by atoms with E-state index >= 15 is 0 Å². The molecule has 1 aliphatic rings. The first kappa shape index (κ1) is 16.6. The molecule has 0 atom stereocenters. The van der Waals surface area contributed by atoms with E-state index in [4.69, 9.17) is 13.9 Å². The van der Waals surface area contributed by atoms with Gasteiger partial charge in [0.25, 0.3) is 11.8 Å². The van der Waals surface area contributed by atoms with Gasteiger partial charge in [-0.15, -0.1) is 21.5 Å². The number of carbonyl (C=O) groups is 1. The number of hydrogen-bond donors (Lipinski definition) is 1. The van der Waals surface area contributed by atoms with Crippen LogP contribution in [-0.2, 0) is 0 Å². The molecule has 26 heavy (non-hydrogen) atoms. The second kappa shape index (κ2) is 6.45. The van der Waals surface area contributed by atoms with E-state index in [1.54, 1.807) is 18.2 Å². The second-order valence-electron chi connectivity index (χ2n) is 6.20. The molecular weight excluding hydrogens is 354 g/mol. The molecule has 7 nitrogen and oxygen atoms in total. The molecule has 0 saturated carbocycles. The Morgan fingerprint density at radius 3 is 2.77 bits per heavy atom. The lowest BCUT2D eigenvalue weighted by molar-refractivity contribution is 0.102. The molecular formula is C18H17N3O4S. The van der Waals surface area contributed by atoms with Crippen molar-refractivity contribution in [3.05, 3.63) is 40.6 Å². The van der Waals surface area contributed by atoms with Gasteiger partial charge in [0.15, 0.2) is 11.5 Å². The highest BCUT2D eigenvalue weighted by molar-refractivity contribution is 7.15. The molecule has 0 unspecified atom stereocenters. The van der Waals surface area contributed by atoms with Gasteiger partial charge < -0.3 is 19.2 Å². The van der Waals surface area contributed by atoms with Crippen LogP contribution in [0.1, 0.15) is 40.9 Å². The maximum Gasteiger partial charge on any atom is 0.257 e. The molecule has 0 aliphatic carbocycles. The van der Waals surface area contributed by atoms with Crippen molar-refractivity contribution in [2.24, 2.45) is 0 Å². The standard InChI is InChI=1S/C18H17N3O4S/c1-9(2)17-20-21-18(25-17)15-7-12(10(3)26-15)19-16(22)11-4-5-13-14(6-11)24-8-23-13/h4-7,9H,8H2,1-3H3,(H,19,22). The van der Waals surface area contributed by atoms with Crippen LogP contribution < -0.4 is 14.8 Å². The van der Waals surface area contributed by atoms with E-state index < -0.39 is 0 Å². The number of fused-ring (bicyclic) bond motifs is 1. The fourth-order valence-corrected chi connectivity index (χ4v) is 3.41. The van der Waals surface area contributed by atoms with E-state index in [1.807, 2.05) is 26.8 Å². The lowest BCUT2D eigenvalue weighted by atomic mass is 10.2. The summed E-state index contributed by atoms with van der Waals surface area (Å²) in [5.41, 5.74) is 1.22. The number of ether oxygens (including phenoxy) is 2. The third kappa shape index (κ3) is 3.03. The summed E-state index contributed by atoms with van der Waals surface area (Å²) in [4.78, 5) is 14.3. The maximum atomic E-state index is 12.6. The highest BCUT2D eigenvalue weighted by Gasteiger charge is 2.19. The number of rotatable bonds is 4. The van der Waals surface area contributed by atoms with Crippen LogP contribution >= 0.6 is 11.3 Å². The van der Waals surface area contributed by atoms with Crippen LogP contribution in [0.5, 0.6) is 11.5 Å². The Morgan fingerprint density at radius 1 is 1.19 bits per heavy atom. The molecule has 1 aromatic carbocycles.